The van der Waals surface area contributed by atoms with Gasteiger partial charge in [-0.3, -0.25) is 4.79 Å². The third-order valence-electron chi connectivity index (χ3n) is 1.98. The number of allylic oxidation sites excluding steroid dienone is 1. The van der Waals surface area contributed by atoms with Crippen LogP contribution in [0.25, 0.3) is 6.08 Å². The molecule has 0 atom stereocenters. The molecule has 0 bridgehead atoms. The highest BCUT2D eigenvalue weighted by molar-refractivity contribution is 5.84. The van der Waals surface area contributed by atoms with Crippen LogP contribution in [0, 0.1) is 0 Å². The average Bonchev–Trinajstić information content (AvgIpc) is 2.50. The summed E-state index contributed by atoms with van der Waals surface area (Å²) in [4.78, 5) is 10.5. The fourth-order valence-corrected chi connectivity index (χ4v) is 1.42. The minimum Gasteiger partial charge on any atom is -0.298 e. The zero-order valence-electron chi connectivity index (χ0n) is 7.08. The van der Waals surface area contributed by atoms with E-state index in [1.807, 2.05) is 18.2 Å². The molecule has 1 nitrogen and oxygen atoms in total. The van der Waals surface area contributed by atoms with Gasteiger partial charge in [0, 0.05) is 5.56 Å². The van der Waals surface area contributed by atoms with Crippen LogP contribution in [0.3, 0.4) is 0 Å². The van der Waals surface area contributed by atoms with Crippen LogP contribution in [0.5, 0.6) is 0 Å². The fourth-order valence-electron chi connectivity index (χ4n) is 1.42. The van der Waals surface area contributed by atoms with Gasteiger partial charge >= 0.3 is 1.43 Å². The normalized spacial score (nSPS) is 13.1. The smallest absolute Gasteiger partial charge is 0.298 e. The molecule has 1 aromatic rings. The van der Waals surface area contributed by atoms with Crippen molar-refractivity contribution >= 4 is 12.4 Å². The Morgan fingerprint density at radius 1 is 1.45 bits per heavy atom. The summed E-state index contributed by atoms with van der Waals surface area (Å²) >= 11 is 0. The summed E-state index contributed by atoms with van der Waals surface area (Å²) in [5.74, 6) is 0. The van der Waals surface area contributed by atoms with Gasteiger partial charge in [0.15, 0.2) is 6.29 Å². The average molecular weight is 145 g/mol. The summed E-state index contributed by atoms with van der Waals surface area (Å²) in [6, 6.07) is 5.83. The number of fused-ring (bicyclic) bond motifs is 1. The molecule has 0 heterocycles. The monoisotopic (exact) mass is 145 g/mol. The third kappa shape index (κ3) is 0.891. The molecule has 54 valence electrons. The van der Waals surface area contributed by atoms with E-state index in [0.29, 0.717) is 0 Å². The van der Waals surface area contributed by atoms with Crippen LogP contribution in [0.15, 0.2) is 24.3 Å². The summed E-state index contributed by atoms with van der Waals surface area (Å²) in [7, 11) is 0. The quantitative estimate of drug-likeness (QED) is 0.553. The number of carbonyl (C=O) groups excluding carboxylic acids is 1. The van der Waals surface area contributed by atoms with E-state index >= 15 is 0 Å². The minimum atomic E-state index is 0. The topological polar surface area (TPSA) is 17.1 Å². The van der Waals surface area contributed by atoms with Gasteiger partial charge in [0.05, 0.1) is 0 Å². The predicted molar refractivity (Wildman–Crippen MR) is 45.7 cm³/mol. The third-order valence-corrected chi connectivity index (χ3v) is 1.98. The molecule has 0 aliphatic heterocycles. The zero-order valence-corrected chi connectivity index (χ0v) is 6.08. The Balaban J connectivity index is 0.000000720. The van der Waals surface area contributed by atoms with Gasteiger partial charge in [-0.1, -0.05) is 30.4 Å². The fraction of sp³-hybridized carbons (Fsp3) is 0.100. The van der Waals surface area contributed by atoms with E-state index in [9.17, 15) is 4.79 Å². The summed E-state index contributed by atoms with van der Waals surface area (Å²) in [6.07, 6.45) is 5.97. The number of hydrogen-bond donors (Lipinski definition) is 0. The summed E-state index contributed by atoms with van der Waals surface area (Å²) in [6.45, 7) is 0. The van der Waals surface area contributed by atoms with Crippen LogP contribution < -0.4 is 0 Å². The first-order valence-electron chi connectivity index (χ1n) is 3.65. The van der Waals surface area contributed by atoms with Gasteiger partial charge in [0.2, 0.25) is 0 Å². The molecule has 0 N–H and O–H groups in total. The molecule has 0 fully saturated rings. The Hall–Kier alpha value is -1.37. The molecule has 0 unspecified atom stereocenters. The van der Waals surface area contributed by atoms with Crippen molar-refractivity contribution in [3.63, 3.8) is 0 Å². The van der Waals surface area contributed by atoms with Crippen molar-refractivity contribution in [2.24, 2.45) is 0 Å². The predicted octanol–water partition coefficient (Wildman–Crippen LogP) is 2.18. The maximum Gasteiger partial charge on any atom is 1.00 e. The number of aldehydes is 1. The van der Waals surface area contributed by atoms with Crippen molar-refractivity contribution in [3.05, 3.63) is 41.0 Å². The van der Waals surface area contributed by atoms with Crippen molar-refractivity contribution < 1.29 is 6.22 Å². The Morgan fingerprint density at radius 2 is 2.36 bits per heavy atom. The summed E-state index contributed by atoms with van der Waals surface area (Å²) in [5, 5.41) is 0. The Labute approximate surface area is 66.8 Å². The first-order chi connectivity index (χ1) is 5.42. The second-order valence-electron chi connectivity index (χ2n) is 2.64. The van der Waals surface area contributed by atoms with Gasteiger partial charge in [0.1, 0.15) is 0 Å². The van der Waals surface area contributed by atoms with Crippen LogP contribution in [-0.2, 0) is 6.42 Å². The Kier molecular flexibility index (Phi) is 1.35. The summed E-state index contributed by atoms with van der Waals surface area (Å²) < 4.78 is 0. The Bertz CT molecular complexity index is 329. The van der Waals surface area contributed by atoms with Crippen LogP contribution >= 0.6 is 0 Å². The Morgan fingerprint density at radius 3 is 3.18 bits per heavy atom. The van der Waals surface area contributed by atoms with Crippen LogP contribution in [-0.4, -0.2) is 6.29 Å². The standard InChI is InChI=1S/C10H8O/c11-7-9-5-1-3-8-4-2-6-10(8)9/h1-3,5-7H,4H2/p+1. The molecule has 1 aliphatic carbocycles. The molecule has 0 aromatic heterocycles. The minimum absolute atomic E-state index is 0. The van der Waals surface area contributed by atoms with Gasteiger partial charge in [0.25, 0.3) is 0 Å². The van der Waals surface area contributed by atoms with Gasteiger partial charge in [-0.25, -0.2) is 0 Å². The molecule has 2 rings (SSSR count). The van der Waals surface area contributed by atoms with Crippen molar-refractivity contribution in [2.75, 3.05) is 0 Å². The van der Waals surface area contributed by atoms with E-state index in [1.54, 1.807) is 0 Å². The molecule has 0 saturated heterocycles. The molecule has 1 aliphatic rings. The molecular weight excluding hydrogens is 136 g/mol. The van der Waals surface area contributed by atoms with Crippen LogP contribution in [0.4, 0.5) is 0 Å². The van der Waals surface area contributed by atoms with E-state index < -0.39 is 0 Å². The largest absolute Gasteiger partial charge is 1.00 e. The van der Waals surface area contributed by atoms with Crippen LogP contribution in [0.1, 0.15) is 22.9 Å². The first kappa shape index (κ1) is 6.35. The maximum absolute atomic E-state index is 10.5. The second kappa shape index (κ2) is 2.35. The van der Waals surface area contributed by atoms with Crippen molar-refractivity contribution in [2.45, 2.75) is 6.42 Å². The van der Waals surface area contributed by atoms with Crippen molar-refractivity contribution in [1.29, 1.82) is 0 Å². The molecule has 0 radical (unpaired) electrons. The molecule has 0 saturated carbocycles. The number of benzene rings is 1. The molecule has 1 aromatic carbocycles. The molecule has 0 amide bonds. The van der Waals surface area contributed by atoms with Gasteiger partial charge in [-0.2, -0.15) is 0 Å². The highest BCUT2D eigenvalue weighted by atomic mass is 16.1. The lowest BCUT2D eigenvalue weighted by Gasteiger charge is -1.99. The second-order valence-corrected chi connectivity index (χ2v) is 2.64. The molecule has 0 spiro atoms. The SMILES string of the molecule is O=Cc1cccc2c1C=CC2.[H+]. The van der Waals surface area contributed by atoms with E-state index in [4.69, 9.17) is 0 Å². The van der Waals surface area contributed by atoms with Gasteiger partial charge < -0.3 is 0 Å². The van der Waals surface area contributed by atoms with E-state index in [-0.39, 0.29) is 1.43 Å². The number of rotatable bonds is 1. The number of hydrogen-bond acceptors (Lipinski definition) is 1. The van der Waals surface area contributed by atoms with E-state index in [0.717, 1.165) is 23.8 Å². The molecular formula is C10H9O+. The maximum atomic E-state index is 10.5. The highest BCUT2D eigenvalue weighted by Gasteiger charge is 2.07. The lowest BCUT2D eigenvalue weighted by Crippen LogP contribution is -1.87. The first-order valence-corrected chi connectivity index (χ1v) is 3.65. The van der Waals surface area contributed by atoms with E-state index in [2.05, 4.69) is 12.1 Å². The van der Waals surface area contributed by atoms with Crippen LogP contribution in [0.2, 0.25) is 0 Å². The number of carbonyl (C=O) groups is 1. The molecule has 11 heavy (non-hydrogen) atoms. The van der Waals surface area contributed by atoms with Gasteiger partial charge in [-0.05, 0) is 17.5 Å². The molecule has 1 heteroatoms. The van der Waals surface area contributed by atoms with E-state index in [1.165, 1.54) is 5.56 Å². The van der Waals surface area contributed by atoms with Crippen molar-refractivity contribution in [1.82, 2.24) is 0 Å². The van der Waals surface area contributed by atoms with Crippen molar-refractivity contribution in [3.8, 4) is 0 Å². The highest BCUT2D eigenvalue weighted by Crippen LogP contribution is 2.21. The summed E-state index contributed by atoms with van der Waals surface area (Å²) in [5.41, 5.74) is 3.16. The lowest BCUT2D eigenvalue weighted by atomic mass is 10.0. The van der Waals surface area contributed by atoms with Gasteiger partial charge in [-0.15, -0.1) is 0 Å². The zero-order chi connectivity index (χ0) is 7.68. The lowest BCUT2D eigenvalue weighted by molar-refractivity contribution is 0.112.